The van der Waals surface area contributed by atoms with Crippen LogP contribution in [0.25, 0.3) is 0 Å². The van der Waals surface area contributed by atoms with Crippen molar-refractivity contribution >= 4 is 23.5 Å². The van der Waals surface area contributed by atoms with Crippen LogP contribution in [0, 0.1) is 0 Å². The molecule has 1 heterocycles. The highest BCUT2D eigenvalue weighted by Crippen LogP contribution is 2.43. The van der Waals surface area contributed by atoms with Crippen LogP contribution in [0.3, 0.4) is 0 Å². The fraction of sp³-hybridized carbons (Fsp3) is 0.529. The van der Waals surface area contributed by atoms with E-state index >= 15 is 0 Å². The SMILES string of the molecule is CCC(OC1C=C2C(=O)C3=CCC=CC3SC2CC1)C(=O)O. The minimum absolute atomic E-state index is 0.120. The van der Waals surface area contributed by atoms with E-state index in [9.17, 15) is 9.59 Å². The predicted molar refractivity (Wildman–Crippen MR) is 85.9 cm³/mol. The minimum atomic E-state index is -0.937. The number of carbonyl (C=O) groups is 2. The average Bonchev–Trinajstić information content (AvgIpc) is 2.53. The first kappa shape index (κ1) is 15.6. The summed E-state index contributed by atoms with van der Waals surface area (Å²) in [7, 11) is 0. The molecule has 1 aliphatic heterocycles. The molecule has 2 aliphatic carbocycles. The van der Waals surface area contributed by atoms with Gasteiger partial charge in [0.05, 0.1) is 11.4 Å². The van der Waals surface area contributed by atoms with Gasteiger partial charge < -0.3 is 9.84 Å². The number of thioether (sulfide) groups is 1. The molecule has 5 heteroatoms. The number of aliphatic carboxylic acids is 1. The van der Waals surface area contributed by atoms with Crippen LogP contribution < -0.4 is 0 Å². The largest absolute Gasteiger partial charge is 0.479 e. The van der Waals surface area contributed by atoms with Gasteiger partial charge in [-0.15, -0.1) is 11.8 Å². The second kappa shape index (κ2) is 6.42. The molecule has 0 spiro atoms. The first-order chi connectivity index (χ1) is 10.6. The molecule has 1 saturated heterocycles. The summed E-state index contributed by atoms with van der Waals surface area (Å²) in [6.07, 6.45) is 9.91. The number of rotatable bonds is 4. The van der Waals surface area contributed by atoms with Crippen LogP contribution in [0.1, 0.15) is 32.6 Å². The summed E-state index contributed by atoms with van der Waals surface area (Å²) in [6, 6.07) is 0. The zero-order chi connectivity index (χ0) is 15.7. The Kier molecular flexibility index (Phi) is 4.54. The smallest absolute Gasteiger partial charge is 0.332 e. The summed E-state index contributed by atoms with van der Waals surface area (Å²) in [4.78, 5) is 23.8. The van der Waals surface area contributed by atoms with E-state index in [1.54, 1.807) is 6.92 Å². The Hall–Kier alpha value is -1.33. The summed E-state index contributed by atoms with van der Waals surface area (Å²) in [5, 5.41) is 9.50. The lowest BCUT2D eigenvalue weighted by Crippen LogP contribution is -2.37. The standard InChI is InChI=1S/C17H20O4S/c1-2-13(17(19)20)21-10-7-8-15-12(9-10)16(18)11-5-3-4-6-14(11)22-15/h4-6,9-10,13-15H,2-3,7-8H2,1H3,(H,19,20). The van der Waals surface area contributed by atoms with Gasteiger partial charge in [0.25, 0.3) is 0 Å². The van der Waals surface area contributed by atoms with E-state index in [2.05, 4.69) is 12.2 Å². The van der Waals surface area contributed by atoms with Crippen molar-refractivity contribution in [3.63, 3.8) is 0 Å². The highest BCUT2D eigenvalue weighted by atomic mass is 32.2. The Morgan fingerprint density at radius 2 is 2.27 bits per heavy atom. The van der Waals surface area contributed by atoms with Crippen LogP contribution in [0.4, 0.5) is 0 Å². The maximum Gasteiger partial charge on any atom is 0.332 e. The van der Waals surface area contributed by atoms with Crippen molar-refractivity contribution in [2.45, 2.75) is 55.3 Å². The van der Waals surface area contributed by atoms with Gasteiger partial charge in [-0.1, -0.05) is 25.2 Å². The van der Waals surface area contributed by atoms with E-state index in [0.29, 0.717) is 6.42 Å². The summed E-state index contributed by atoms with van der Waals surface area (Å²) < 4.78 is 5.66. The molecule has 0 saturated carbocycles. The topological polar surface area (TPSA) is 63.6 Å². The van der Waals surface area contributed by atoms with Crippen molar-refractivity contribution in [3.05, 3.63) is 35.5 Å². The summed E-state index contributed by atoms with van der Waals surface area (Å²) >= 11 is 1.82. The number of carboxylic acids is 1. The quantitative estimate of drug-likeness (QED) is 0.807. The highest BCUT2D eigenvalue weighted by molar-refractivity contribution is 8.01. The van der Waals surface area contributed by atoms with Crippen LogP contribution >= 0.6 is 11.8 Å². The van der Waals surface area contributed by atoms with E-state index in [0.717, 1.165) is 30.4 Å². The lowest BCUT2D eigenvalue weighted by atomic mass is 9.87. The molecular weight excluding hydrogens is 300 g/mol. The van der Waals surface area contributed by atoms with Crippen molar-refractivity contribution in [3.8, 4) is 0 Å². The Labute approximate surface area is 134 Å². The van der Waals surface area contributed by atoms with E-state index < -0.39 is 12.1 Å². The van der Waals surface area contributed by atoms with E-state index in [-0.39, 0.29) is 22.4 Å². The molecule has 0 aromatic rings. The second-order valence-corrected chi connectivity index (χ2v) is 7.16. The van der Waals surface area contributed by atoms with Crippen molar-refractivity contribution in [1.82, 2.24) is 0 Å². The van der Waals surface area contributed by atoms with E-state index in [4.69, 9.17) is 9.84 Å². The summed E-state index contributed by atoms with van der Waals surface area (Å²) in [5.74, 6) is -0.817. The highest BCUT2D eigenvalue weighted by Gasteiger charge is 2.39. The van der Waals surface area contributed by atoms with Gasteiger partial charge in [0.15, 0.2) is 11.9 Å². The fourth-order valence-electron chi connectivity index (χ4n) is 3.17. The van der Waals surface area contributed by atoms with Crippen molar-refractivity contribution in [2.75, 3.05) is 0 Å². The number of carbonyl (C=O) groups excluding carboxylic acids is 1. The lowest BCUT2D eigenvalue weighted by molar-refractivity contribution is -0.153. The molecule has 3 aliphatic rings. The van der Waals surface area contributed by atoms with Gasteiger partial charge in [0.2, 0.25) is 0 Å². The summed E-state index contributed by atoms with van der Waals surface area (Å²) in [5.41, 5.74) is 1.68. The maximum absolute atomic E-state index is 12.7. The molecule has 0 aromatic carbocycles. The number of ketones is 1. The van der Waals surface area contributed by atoms with E-state index in [1.165, 1.54) is 0 Å². The van der Waals surface area contributed by atoms with Crippen LogP contribution in [0.2, 0.25) is 0 Å². The second-order valence-electron chi connectivity index (χ2n) is 5.81. The lowest BCUT2D eigenvalue weighted by Gasteiger charge is -2.36. The molecule has 118 valence electrons. The number of carboxylic acid groups (broad SMARTS) is 1. The molecule has 4 unspecified atom stereocenters. The van der Waals surface area contributed by atoms with Gasteiger partial charge in [-0.2, -0.15) is 0 Å². The van der Waals surface area contributed by atoms with Gasteiger partial charge in [-0.3, -0.25) is 4.79 Å². The van der Waals surface area contributed by atoms with Crippen LogP contribution in [0.15, 0.2) is 35.5 Å². The zero-order valence-electron chi connectivity index (χ0n) is 12.5. The number of hydrogen-bond donors (Lipinski definition) is 1. The molecule has 22 heavy (non-hydrogen) atoms. The normalized spacial score (nSPS) is 31.7. The Morgan fingerprint density at radius 3 is 3.00 bits per heavy atom. The molecule has 1 fully saturated rings. The maximum atomic E-state index is 12.7. The number of allylic oxidation sites excluding steroid dienone is 2. The van der Waals surface area contributed by atoms with Gasteiger partial charge in [0.1, 0.15) is 0 Å². The van der Waals surface area contributed by atoms with Crippen molar-refractivity contribution in [1.29, 1.82) is 0 Å². The molecule has 1 N–H and O–H groups in total. The van der Waals surface area contributed by atoms with E-state index in [1.807, 2.05) is 23.9 Å². The van der Waals surface area contributed by atoms with Crippen LogP contribution in [0.5, 0.6) is 0 Å². The monoisotopic (exact) mass is 320 g/mol. The first-order valence-electron chi connectivity index (χ1n) is 7.77. The van der Waals surface area contributed by atoms with Crippen LogP contribution in [-0.4, -0.2) is 39.6 Å². The number of hydrogen-bond acceptors (Lipinski definition) is 4. The molecule has 0 amide bonds. The van der Waals surface area contributed by atoms with Crippen molar-refractivity contribution < 1.29 is 19.4 Å². The third-order valence-electron chi connectivity index (χ3n) is 4.34. The fourth-order valence-corrected chi connectivity index (χ4v) is 4.68. The van der Waals surface area contributed by atoms with Gasteiger partial charge in [-0.05, 0) is 31.8 Å². The minimum Gasteiger partial charge on any atom is -0.479 e. The van der Waals surface area contributed by atoms with Gasteiger partial charge >= 0.3 is 5.97 Å². The number of Topliss-reactive ketones (excluding diaryl/α,β-unsaturated/α-hetero) is 1. The third-order valence-corrected chi connectivity index (χ3v) is 5.86. The number of ether oxygens (including phenoxy) is 1. The Balaban J connectivity index is 1.78. The molecule has 0 radical (unpaired) electrons. The molecule has 4 atom stereocenters. The molecule has 0 bridgehead atoms. The zero-order valence-corrected chi connectivity index (χ0v) is 13.3. The first-order valence-corrected chi connectivity index (χ1v) is 8.71. The molecular formula is C17H20O4S. The van der Waals surface area contributed by atoms with Gasteiger partial charge in [0, 0.05) is 16.4 Å². The summed E-state index contributed by atoms with van der Waals surface area (Å²) in [6.45, 7) is 1.79. The average molecular weight is 320 g/mol. The predicted octanol–water partition coefficient (Wildman–Crippen LogP) is 2.89. The van der Waals surface area contributed by atoms with Crippen LogP contribution in [-0.2, 0) is 14.3 Å². The third kappa shape index (κ3) is 2.92. The Morgan fingerprint density at radius 1 is 1.45 bits per heavy atom. The van der Waals surface area contributed by atoms with Gasteiger partial charge in [-0.25, -0.2) is 4.79 Å². The molecule has 4 nitrogen and oxygen atoms in total. The van der Waals surface area contributed by atoms with Crippen molar-refractivity contribution in [2.24, 2.45) is 0 Å². The number of fused-ring (bicyclic) bond motifs is 2. The Bertz CT molecular complexity index is 575. The molecule has 3 rings (SSSR count). The molecule has 0 aromatic heterocycles.